The number of carbonyl (C=O) groups excluding carboxylic acids is 2. The Morgan fingerprint density at radius 2 is 2.37 bits per heavy atom. The van der Waals surface area contributed by atoms with Crippen molar-refractivity contribution in [3.05, 3.63) is 29.0 Å². The molecule has 1 heterocycles. The van der Waals surface area contributed by atoms with Gasteiger partial charge in [-0.2, -0.15) is 0 Å². The van der Waals surface area contributed by atoms with Crippen LogP contribution in [0.15, 0.2) is 18.2 Å². The second-order valence-electron chi connectivity index (χ2n) is 3.98. The minimum absolute atomic E-state index is 0.0108. The summed E-state index contributed by atoms with van der Waals surface area (Å²) in [5.74, 6) is -0.873. The standard InChI is InChI=1S/C12H12ClFN2O3/c1-2-16(7-3-4-9(14)8(13)5-7)11(17)10-6-19-12(18)15-10/h3-5,10H,2,6H2,1H3,(H,15,18). The van der Waals surface area contributed by atoms with Crippen molar-refractivity contribution in [1.82, 2.24) is 5.32 Å². The molecule has 0 saturated carbocycles. The Morgan fingerprint density at radius 1 is 1.63 bits per heavy atom. The summed E-state index contributed by atoms with van der Waals surface area (Å²) in [6.07, 6.45) is -0.619. The smallest absolute Gasteiger partial charge is 0.407 e. The number of ether oxygens (including phenoxy) is 1. The molecule has 1 unspecified atom stereocenters. The fraction of sp³-hybridized carbons (Fsp3) is 0.333. The third-order valence-corrected chi connectivity index (χ3v) is 3.06. The van der Waals surface area contributed by atoms with Crippen LogP contribution in [-0.4, -0.2) is 31.2 Å². The summed E-state index contributed by atoms with van der Waals surface area (Å²) < 4.78 is 17.8. The molecule has 7 heteroatoms. The fourth-order valence-corrected chi connectivity index (χ4v) is 2.00. The number of amides is 2. The maximum absolute atomic E-state index is 13.1. The van der Waals surface area contributed by atoms with Gasteiger partial charge in [0.2, 0.25) is 0 Å². The Hall–Kier alpha value is -1.82. The highest BCUT2D eigenvalue weighted by Crippen LogP contribution is 2.23. The molecule has 1 aromatic rings. The maximum Gasteiger partial charge on any atom is 0.407 e. The Balaban J connectivity index is 2.21. The van der Waals surface area contributed by atoms with E-state index in [1.807, 2.05) is 0 Å². The highest BCUT2D eigenvalue weighted by atomic mass is 35.5. The van der Waals surface area contributed by atoms with Crippen LogP contribution < -0.4 is 10.2 Å². The molecule has 1 aliphatic heterocycles. The van der Waals surface area contributed by atoms with Crippen molar-refractivity contribution in [2.75, 3.05) is 18.1 Å². The van der Waals surface area contributed by atoms with Gasteiger partial charge in [0.25, 0.3) is 5.91 Å². The summed E-state index contributed by atoms with van der Waals surface area (Å²) >= 11 is 5.70. The van der Waals surface area contributed by atoms with Crippen LogP contribution in [0.2, 0.25) is 5.02 Å². The molecule has 19 heavy (non-hydrogen) atoms. The zero-order valence-electron chi connectivity index (χ0n) is 10.2. The minimum Gasteiger partial charge on any atom is -0.447 e. The number of nitrogens with one attached hydrogen (secondary N) is 1. The van der Waals surface area contributed by atoms with Crippen LogP contribution in [0, 0.1) is 5.82 Å². The Labute approximate surface area is 114 Å². The zero-order valence-corrected chi connectivity index (χ0v) is 10.9. The highest BCUT2D eigenvalue weighted by molar-refractivity contribution is 6.31. The largest absolute Gasteiger partial charge is 0.447 e. The molecule has 1 saturated heterocycles. The van der Waals surface area contributed by atoms with Gasteiger partial charge in [-0.3, -0.25) is 4.79 Å². The monoisotopic (exact) mass is 286 g/mol. The normalized spacial score (nSPS) is 17.8. The maximum atomic E-state index is 13.1. The van der Waals surface area contributed by atoms with Crippen LogP contribution >= 0.6 is 11.6 Å². The molecule has 102 valence electrons. The van der Waals surface area contributed by atoms with Crippen LogP contribution in [0.3, 0.4) is 0 Å². The van der Waals surface area contributed by atoms with Gasteiger partial charge in [0.1, 0.15) is 18.5 Å². The molecule has 0 radical (unpaired) electrons. The van der Waals surface area contributed by atoms with Crippen molar-refractivity contribution in [2.24, 2.45) is 0 Å². The number of rotatable bonds is 3. The van der Waals surface area contributed by atoms with Gasteiger partial charge >= 0.3 is 6.09 Å². The lowest BCUT2D eigenvalue weighted by Gasteiger charge is -2.23. The number of nitrogens with zero attached hydrogens (tertiary/aromatic N) is 1. The van der Waals surface area contributed by atoms with Crippen molar-refractivity contribution in [1.29, 1.82) is 0 Å². The van der Waals surface area contributed by atoms with Crippen molar-refractivity contribution in [3.63, 3.8) is 0 Å². The highest BCUT2D eigenvalue weighted by Gasteiger charge is 2.32. The van der Waals surface area contributed by atoms with E-state index in [0.29, 0.717) is 12.2 Å². The van der Waals surface area contributed by atoms with E-state index in [2.05, 4.69) is 10.1 Å². The number of halogens is 2. The van der Waals surface area contributed by atoms with Gasteiger partial charge in [0.15, 0.2) is 0 Å². The molecule has 0 aromatic heterocycles. The molecule has 1 aromatic carbocycles. The predicted octanol–water partition coefficient (Wildman–Crippen LogP) is 1.94. The number of likely N-dealkylation sites (N-methyl/N-ethyl adjacent to an activating group) is 1. The fourth-order valence-electron chi connectivity index (χ4n) is 1.82. The first-order valence-corrected chi connectivity index (χ1v) is 6.10. The van der Waals surface area contributed by atoms with Crippen molar-refractivity contribution < 1.29 is 18.7 Å². The summed E-state index contributed by atoms with van der Waals surface area (Å²) in [6, 6.07) is 3.30. The average molecular weight is 287 g/mol. The van der Waals surface area contributed by atoms with Gasteiger partial charge in [0, 0.05) is 12.2 Å². The van der Waals surface area contributed by atoms with Crippen LogP contribution in [0.4, 0.5) is 14.9 Å². The molecular weight excluding hydrogens is 275 g/mol. The first kappa shape index (κ1) is 13.6. The summed E-state index contributed by atoms with van der Waals surface area (Å²) in [4.78, 5) is 24.6. The van der Waals surface area contributed by atoms with Gasteiger partial charge in [-0.15, -0.1) is 0 Å². The first-order chi connectivity index (χ1) is 9.02. The number of carbonyl (C=O) groups is 2. The number of hydrogen-bond acceptors (Lipinski definition) is 3. The van der Waals surface area contributed by atoms with E-state index >= 15 is 0 Å². The molecule has 1 atom stereocenters. The molecule has 1 aliphatic rings. The first-order valence-electron chi connectivity index (χ1n) is 5.72. The van der Waals surface area contributed by atoms with E-state index in [0.717, 1.165) is 0 Å². The Morgan fingerprint density at radius 3 is 2.89 bits per heavy atom. The second-order valence-corrected chi connectivity index (χ2v) is 4.38. The van der Waals surface area contributed by atoms with E-state index in [4.69, 9.17) is 11.6 Å². The van der Waals surface area contributed by atoms with E-state index in [1.165, 1.54) is 23.1 Å². The second kappa shape index (κ2) is 5.44. The number of anilines is 1. The van der Waals surface area contributed by atoms with Crippen molar-refractivity contribution in [3.8, 4) is 0 Å². The molecule has 0 aliphatic carbocycles. The van der Waals surface area contributed by atoms with E-state index in [1.54, 1.807) is 6.92 Å². The van der Waals surface area contributed by atoms with E-state index < -0.39 is 18.0 Å². The van der Waals surface area contributed by atoms with Crippen molar-refractivity contribution in [2.45, 2.75) is 13.0 Å². The van der Waals surface area contributed by atoms with Crippen LogP contribution in [0.1, 0.15) is 6.92 Å². The molecule has 0 bridgehead atoms. The molecule has 5 nitrogen and oxygen atoms in total. The summed E-state index contributed by atoms with van der Waals surface area (Å²) in [5, 5.41) is 2.34. The van der Waals surface area contributed by atoms with Gasteiger partial charge in [0.05, 0.1) is 5.02 Å². The average Bonchev–Trinajstić information content (AvgIpc) is 2.81. The van der Waals surface area contributed by atoms with Gasteiger partial charge < -0.3 is 15.0 Å². The molecular formula is C12H12ClFN2O3. The SMILES string of the molecule is CCN(C(=O)C1COC(=O)N1)c1ccc(F)c(Cl)c1. The van der Waals surface area contributed by atoms with Crippen LogP contribution in [-0.2, 0) is 9.53 Å². The van der Waals surface area contributed by atoms with Crippen LogP contribution in [0.5, 0.6) is 0 Å². The molecule has 2 rings (SSSR count). The lowest BCUT2D eigenvalue weighted by Crippen LogP contribution is -2.45. The summed E-state index contributed by atoms with van der Waals surface area (Å²) in [7, 11) is 0. The number of benzene rings is 1. The zero-order chi connectivity index (χ0) is 14.0. The lowest BCUT2D eigenvalue weighted by molar-refractivity contribution is -0.120. The molecule has 2 amide bonds. The Kier molecular flexibility index (Phi) is 3.90. The quantitative estimate of drug-likeness (QED) is 0.924. The molecule has 1 fully saturated rings. The number of hydrogen-bond donors (Lipinski definition) is 1. The molecule has 0 spiro atoms. The number of alkyl carbamates (subject to hydrolysis) is 1. The predicted molar refractivity (Wildman–Crippen MR) is 67.7 cm³/mol. The van der Waals surface area contributed by atoms with E-state index in [-0.39, 0.29) is 17.5 Å². The van der Waals surface area contributed by atoms with Crippen LogP contribution in [0.25, 0.3) is 0 Å². The summed E-state index contributed by atoms with van der Waals surface area (Å²) in [6.45, 7) is 2.13. The van der Waals surface area contributed by atoms with Gasteiger partial charge in [-0.25, -0.2) is 9.18 Å². The third kappa shape index (κ3) is 2.78. The van der Waals surface area contributed by atoms with E-state index in [9.17, 15) is 14.0 Å². The lowest BCUT2D eigenvalue weighted by atomic mass is 10.2. The van der Waals surface area contributed by atoms with Crippen molar-refractivity contribution >= 4 is 29.3 Å². The summed E-state index contributed by atoms with van der Waals surface area (Å²) in [5.41, 5.74) is 0.472. The third-order valence-electron chi connectivity index (χ3n) is 2.77. The number of cyclic esters (lactones) is 1. The molecule has 1 N–H and O–H groups in total. The Bertz CT molecular complexity index is 524. The topological polar surface area (TPSA) is 58.6 Å². The van der Waals surface area contributed by atoms with Gasteiger partial charge in [-0.05, 0) is 25.1 Å². The van der Waals surface area contributed by atoms with Gasteiger partial charge in [-0.1, -0.05) is 11.6 Å². The minimum atomic E-state index is -0.726.